The smallest absolute Gasteiger partial charge is 0.0659 e. The average molecular weight is 820 g/mol. The average Bonchev–Trinajstić information content (AvgIpc) is 4.00. The van der Waals surface area contributed by atoms with Crippen LogP contribution in [0.5, 0.6) is 0 Å². The van der Waals surface area contributed by atoms with Gasteiger partial charge >= 0.3 is 0 Å². The maximum absolute atomic E-state index is 5.05. The first-order valence-electron chi connectivity index (χ1n) is 22.8. The van der Waals surface area contributed by atoms with Crippen molar-refractivity contribution in [3.63, 3.8) is 0 Å². The van der Waals surface area contributed by atoms with Crippen molar-refractivity contribution in [1.82, 2.24) is 15.0 Å². The Morgan fingerprint density at radius 3 is 0.778 bits per heavy atom. The second-order valence-corrected chi connectivity index (χ2v) is 20.6. The molecule has 0 saturated heterocycles. The summed E-state index contributed by atoms with van der Waals surface area (Å²) in [6.07, 6.45) is 19.8. The topological polar surface area (TPSA) is 38.7 Å². The van der Waals surface area contributed by atoms with E-state index in [1.807, 2.05) is 0 Å². The van der Waals surface area contributed by atoms with E-state index in [4.69, 9.17) is 15.0 Å². The van der Waals surface area contributed by atoms with Gasteiger partial charge in [-0.15, -0.1) is 0 Å². The van der Waals surface area contributed by atoms with E-state index < -0.39 is 0 Å². The normalized spacial score (nSPS) is 17.3. The maximum Gasteiger partial charge on any atom is 0.0659 e. The molecule has 63 heavy (non-hydrogen) atoms. The number of nitrogens with zero attached hydrogens (tertiary/aromatic N) is 3. The Bertz CT molecular complexity index is 2600. The van der Waals surface area contributed by atoms with Crippen molar-refractivity contribution in [2.24, 2.45) is 16.2 Å². The van der Waals surface area contributed by atoms with Crippen molar-refractivity contribution in [2.75, 3.05) is 0 Å². The Morgan fingerprint density at radius 1 is 0.317 bits per heavy atom. The summed E-state index contributed by atoms with van der Waals surface area (Å²) in [5.74, 6) is 0. The summed E-state index contributed by atoms with van der Waals surface area (Å²) in [5.41, 5.74) is 21.9. The number of allylic oxidation sites excluding steroid dienone is 6. The zero-order valence-electron chi connectivity index (χ0n) is 37.7. The van der Waals surface area contributed by atoms with Crippen molar-refractivity contribution in [3.8, 4) is 66.8 Å². The van der Waals surface area contributed by atoms with Crippen LogP contribution in [0.15, 0.2) is 164 Å². The minimum absolute atomic E-state index is 0.289. The summed E-state index contributed by atoms with van der Waals surface area (Å²) in [5, 5.41) is 0. The molecule has 0 unspecified atom stereocenters. The highest BCUT2D eigenvalue weighted by atomic mass is 14.7. The molecule has 0 spiro atoms. The van der Waals surface area contributed by atoms with Crippen molar-refractivity contribution in [1.29, 1.82) is 0 Å². The van der Waals surface area contributed by atoms with Gasteiger partial charge in [0, 0.05) is 35.3 Å². The molecular formula is C60H57N3. The van der Waals surface area contributed by atoms with Gasteiger partial charge in [-0.1, -0.05) is 151 Å². The van der Waals surface area contributed by atoms with Crippen LogP contribution in [0, 0.1) is 16.2 Å². The number of hydrogen-bond acceptors (Lipinski definition) is 3. The second kappa shape index (κ2) is 16.0. The summed E-state index contributed by atoms with van der Waals surface area (Å²) >= 11 is 0. The lowest BCUT2D eigenvalue weighted by Crippen LogP contribution is -2.04. The van der Waals surface area contributed by atoms with Gasteiger partial charge in [0.2, 0.25) is 0 Å². The molecule has 0 fully saturated rings. The Balaban J connectivity index is 1.08. The first kappa shape index (κ1) is 40.6. The van der Waals surface area contributed by atoms with Crippen LogP contribution in [0.3, 0.4) is 0 Å². The third-order valence-electron chi connectivity index (χ3n) is 13.6. The van der Waals surface area contributed by atoms with Gasteiger partial charge in [-0.25, -0.2) is 0 Å². The predicted octanol–water partition coefficient (Wildman–Crippen LogP) is 16.5. The highest BCUT2D eigenvalue weighted by molar-refractivity contribution is 5.94. The van der Waals surface area contributed by atoms with Crippen LogP contribution >= 0.6 is 0 Å². The fourth-order valence-electron chi connectivity index (χ4n) is 10.0. The quantitative estimate of drug-likeness (QED) is 0.146. The van der Waals surface area contributed by atoms with E-state index in [2.05, 4.69) is 206 Å². The zero-order chi connectivity index (χ0) is 43.3. The number of pyridine rings is 3. The zero-order valence-corrected chi connectivity index (χ0v) is 37.7. The maximum atomic E-state index is 5.05. The molecule has 312 valence electrons. The van der Waals surface area contributed by atoms with E-state index in [-0.39, 0.29) is 16.2 Å². The summed E-state index contributed by atoms with van der Waals surface area (Å²) in [7, 11) is 0. The van der Waals surface area contributed by atoms with Gasteiger partial charge in [-0.2, -0.15) is 0 Å². The van der Waals surface area contributed by atoms with Crippen LogP contribution < -0.4 is 0 Å². The SMILES string of the molecule is CC1(C)CC=C(c2ccc(-c3ccccc3-c3cc(-c4ccccc4-c4ccc(C5=CCC(C)(C)C5)nc4)cc(-c4ccccc4-c4ccc(C5=CCC(C)(C)C5)nc4)c3)cn2)C1. The number of hydrogen-bond donors (Lipinski definition) is 0. The molecule has 3 aliphatic rings. The van der Waals surface area contributed by atoms with Gasteiger partial charge < -0.3 is 0 Å². The first-order chi connectivity index (χ1) is 30.4. The van der Waals surface area contributed by atoms with Gasteiger partial charge in [-0.3, -0.25) is 15.0 Å². The Kier molecular flexibility index (Phi) is 10.3. The van der Waals surface area contributed by atoms with Gasteiger partial charge in [0.15, 0.2) is 0 Å². The molecule has 0 N–H and O–H groups in total. The molecule has 3 heterocycles. The van der Waals surface area contributed by atoms with Crippen LogP contribution in [0.1, 0.15) is 97.1 Å². The van der Waals surface area contributed by atoms with E-state index in [0.29, 0.717) is 0 Å². The van der Waals surface area contributed by atoms with E-state index in [0.717, 1.165) is 106 Å². The van der Waals surface area contributed by atoms with Gasteiger partial charge in [0.05, 0.1) is 17.1 Å². The Labute approximate surface area is 374 Å². The van der Waals surface area contributed by atoms with Gasteiger partial charge in [0.25, 0.3) is 0 Å². The fourth-order valence-corrected chi connectivity index (χ4v) is 10.0. The molecule has 3 aliphatic carbocycles. The molecule has 0 saturated carbocycles. The molecule has 7 aromatic rings. The standard InChI is InChI=1S/C60H57N3/c1-58(2)28-25-40(34-58)55-22-19-43(37-61-55)49-13-7-10-16-52(49)46-31-47(53-17-11-8-14-50(53)44-20-23-56(62-38-44)41-26-29-59(3,4)35-41)33-48(32-46)54-18-12-9-15-51(54)45-21-24-57(63-39-45)42-27-30-60(5,6)36-42/h7-27,31-33,37-39H,28-30,34-36H2,1-6H3. The summed E-state index contributed by atoms with van der Waals surface area (Å²) < 4.78 is 0. The molecule has 0 bridgehead atoms. The molecule has 3 nitrogen and oxygen atoms in total. The van der Waals surface area contributed by atoms with Crippen molar-refractivity contribution in [3.05, 3.63) is 181 Å². The molecule has 0 amide bonds. The second-order valence-electron chi connectivity index (χ2n) is 20.6. The van der Waals surface area contributed by atoms with Gasteiger partial charge in [0.1, 0.15) is 0 Å². The largest absolute Gasteiger partial charge is 0.256 e. The number of benzene rings is 4. The fraction of sp³-hybridized carbons (Fsp3) is 0.250. The molecule has 3 aromatic heterocycles. The van der Waals surface area contributed by atoms with E-state index >= 15 is 0 Å². The highest BCUT2D eigenvalue weighted by Crippen LogP contribution is 2.45. The van der Waals surface area contributed by atoms with Crippen LogP contribution in [-0.2, 0) is 0 Å². The third-order valence-corrected chi connectivity index (χ3v) is 13.6. The van der Waals surface area contributed by atoms with Crippen LogP contribution in [0.4, 0.5) is 0 Å². The predicted molar refractivity (Wildman–Crippen MR) is 265 cm³/mol. The first-order valence-corrected chi connectivity index (χ1v) is 22.8. The summed E-state index contributed by atoms with van der Waals surface area (Å²) in [4.78, 5) is 15.1. The van der Waals surface area contributed by atoms with Crippen molar-refractivity contribution in [2.45, 2.75) is 80.1 Å². The molecule has 3 heteroatoms. The lowest BCUT2D eigenvalue weighted by molar-refractivity contribution is 0.402. The van der Waals surface area contributed by atoms with Crippen molar-refractivity contribution < 1.29 is 0 Å². The van der Waals surface area contributed by atoms with E-state index in [9.17, 15) is 0 Å². The third kappa shape index (κ3) is 8.42. The Morgan fingerprint density at radius 2 is 0.571 bits per heavy atom. The lowest BCUT2D eigenvalue weighted by Gasteiger charge is -2.18. The minimum Gasteiger partial charge on any atom is -0.256 e. The Hall–Kier alpha value is -6.45. The lowest BCUT2D eigenvalue weighted by atomic mass is 9.86. The monoisotopic (exact) mass is 819 g/mol. The molecule has 0 radical (unpaired) electrons. The van der Waals surface area contributed by atoms with Crippen molar-refractivity contribution >= 4 is 16.7 Å². The van der Waals surface area contributed by atoms with Crippen LogP contribution in [0.2, 0.25) is 0 Å². The number of rotatable bonds is 9. The minimum atomic E-state index is 0.289. The highest BCUT2D eigenvalue weighted by Gasteiger charge is 2.28. The van der Waals surface area contributed by atoms with E-state index in [1.165, 1.54) is 33.4 Å². The molecule has 4 aromatic carbocycles. The summed E-state index contributed by atoms with van der Waals surface area (Å²) in [6, 6.07) is 46.9. The molecule has 10 rings (SSSR count). The molecule has 0 aliphatic heterocycles. The van der Waals surface area contributed by atoms with E-state index in [1.54, 1.807) is 0 Å². The van der Waals surface area contributed by atoms with Crippen LogP contribution in [0.25, 0.3) is 83.5 Å². The van der Waals surface area contributed by atoms with Crippen LogP contribution in [-0.4, -0.2) is 15.0 Å². The van der Waals surface area contributed by atoms with Gasteiger partial charge in [-0.05, 0) is 158 Å². The molecule has 0 atom stereocenters. The summed E-state index contributed by atoms with van der Waals surface area (Å²) in [6.45, 7) is 14.0. The number of aromatic nitrogens is 3. The molecular weight excluding hydrogens is 763 g/mol.